The van der Waals surface area contributed by atoms with Crippen LogP contribution in [0, 0.1) is 0 Å². The van der Waals surface area contributed by atoms with Gasteiger partial charge in [-0.05, 0) is 35.9 Å². The summed E-state index contributed by atoms with van der Waals surface area (Å²) >= 11 is 0. The summed E-state index contributed by atoms with van der Waals surface area (Å²) in [5.41, 5.74) is 3.85. The Bertz CT molecular complexity index is 1170. The zero-order valence-corrected chi connectivity index (χ0v) is 16.6. The number of aromatic amines is 1. The maximum absolute atomic E-state index is 12.6. The van der Waals surface area contributed by atoms with Crippen LogP contribution in [-0.2, 0) is 6.54 Å². The summed E-state index contributed by atoms with van der Waals surface area (Å²) in [5, 5.41) is 2.77. The molecule has 4 aromatic rings. The molecule has 0 aliphatic heterocycles. The monoisotopic (exact) mass is 423 g/mol. The molecule has 1 aromatic heterocycles. The number of nitrogens with one attached hydrogen (secondary N) is 2. The molecular formula is C23H19F2N3O3. The van der Waals surface area contributed by atoms with Crippen molar-refractivity contribution < 1.29 is 23.0 Å². The topological polar surface area (TPSA) is 76.2 Å². The maximum atomic E-state index is 12.6. The number of fused-ring (bicyclic) bond motifs is 1. The van der Waals surface area contributed by atoms with Crippen molar-refractivity contribution in [3.05, 3.63) is 77.9 Å². The van der Waals surface area contributed by atoms with Gasteiger partial charge >= 0.3 is 6.61 Å². The van der Waals surface area contributed by atoms with Crippen molar-refractivity contribution in [3.8, 4) is 22.9 Å². The summed E-state index contributed by atoms with van der Waals surface area (Å²) in [5.74, 6) is 0.281. The second kappa shape index (κ2) is 8.83. The van der Waals surface area contributed by atoms with E-state index in [-0.39, 0.29) is 23.6 Å². The minimum atomic E-state index is -3.02. The number of alkyl halides is 2. The van der Waals surface area contributed by atoms with Crippen LogP contribution in [0.15, 0.2) is 66.7 Å². The Morgan fingerprint density at radius 3 is 2.55 bits per heavy atom. The van der Waals surface area contributed by atoms with Gasteiger partial charge in [0.2, 0.25) is 0 Å². The van der Waals surface area contributed by atoms with E-state index >= 15 is 0 Å². The Labute approximate surface area is 176 Å². The molecule has 0 aliphatic rings. The van der Waals surface area contributed by atoms with Crippen LogP contribution in [0.25, 0.3) is 22.4 Å². The second-order valence-electron chi connectivity index (χ2n) is 6.73. The summed E-state index contributed by atoms with van der Waals surface area (Å²) in [6.07, 6.45) is 0. The van der Waals surface area contributed by atoms with Crippen LogP contribution in [0.2, 0.25) is 0 Å². The molecule has 0 spiro atoms. The molecule has 0 bridgehead atoms. The number of para-hydroxylation sites is 2. The average molecular weight is 423 g/mol. The number of nitrogens with zero attached hydrogens (tertiary/aromatic N) is 1. The molecular weight excluding hydrogens is 404 g/mol. The van der Waals surface area contributed by atoms with Crippen molar-refractivity contribution in [3.63, 3.8) is 0 Å². The van der Waals surface area contributed by atoms with E-state index in [1.165, 1.54) is 25.3 Å². The molecule has 0 saturated carbocycles. The Morgan fingerprint density at radius 1 is 1.06 bits per heavy atom. The van der Waals surface area contributed by atoms with Crippen molar-refractivity contribution in [2.24, 2.45) is 0 Å². The summed E-state index contributed by atoms with van der Waals surface area (Å²) in [6.45, 7) is -2.74. The predicted molar refractivity (Wildman–Crippen MR) is 112 cm³/mol. The van der Waals surface area contributed by atoms with Gasteiger partial charge in [-0.1, -0.05) is 36.4 Å². The molecule has 31 heavy (non-hydrogen) atoms. The Hall–Kier alpha value is -3.94. The van der Waals surface area contributed by atoms with Crippen molar-refractivity contribution in [2.45, 2.75) is 13.2 Å². The summed E-state index contributed by atoms with van der Waals surface area (Å²) in [6, 6.07) is 19.5. The lowest BCUT2D eigenvalue weighted by Gasteiger charge is -2.12. The van der Waals surface area contributed by atoms with Crippen molar-refractivity contribution in [2.75, 3.05) is 7.11 Å². The number of hydrogen-bond acceptors (Lipinski definition) is 4. The van der Waals surface area contributed by atoms with E-state index in [0.717, 1.165) is 28.0 Å². The molecule has 4 rings (SSSR count). The zero-order chi connectivity index (χ0) is 21.8. The fourth-order valence-corrected chi connectivity index (χ4v) is 3.16. The lowest BCUT2D eigenvalue weighted by molar-refractivity contribution is -0.0512. The largest absolute Gasteiger partial charge is 0.493 e. The quantitative estimate of drug-likeness (QED) is 0.449. The van der Waals surface area contributed by atoms with E-state index in [1.54, 1.807) is 0 Å². The van der Waals surface area contributed by atoms with Gasteiger partial charge in [-0.15, -0.1) is 0 Å². The second-order valence-corrected chi connectivity index (χ2v) is 6.73. The van der Waals surface area contributed by atoms with Crippen LogP contribution in [0.1, 0.15) is 15.9 Å². The number of ether oxygens (including phenoxy) is 2. The number of carbonyl (C=O) groups is 1. The lowest BCUT2D eigenvalue weighted by atomic mass is 10.1. The molecule has 6 nitrogen and oxygen atoms in total. The van der Waals surface area contributed by atoms with Crippen LogP contribution >= 0.6 is 0 Å². The van der Waals surface area contributed by atoms with Gasteiger partial charge in [-0.3, -0.25) is 4.79 Å². The fourth-order valence-electron chi connectivity index (χ4n) is 3.16. The predicted octanol–water partition coefficient (Wildman–Crippen LogP) is 4.77. The minimum Gasteiger partial charge on any atom is -0.493 e. The Kier molecular flexibility index (Phi) is 5.79. The molecule has 0 atom stereocenters. The highest BCUT2D eigenvalue weighted by molar-refractivity contribution is 5.94. The Balaban J connectivity index is 1.42. The molecule has 158 valence electrons. The number of H-pyrrole nitrogens is 1. The first-order valence-electron chi connectivity index (χ1n) is 9.48. The van der Waals surface area contributed by atoms with Gasteiger partial charge in [0, 0.05) is 17.7 Å². The van der Waals surface area contributed by atoms with Gasteiger partial charge in [0.15, 0.2) is 11.5 Å². The third-order valence-electron chi connectivity index (χ3n) is 4.71. The third-order valence-corrected chi connectivity index (χ3v) is 4.71. The number of carbonyl (C=O) groups excluding carboxylic acids is 1. The van der Waals surface area contributed by atoms with E-state index in [2.05, 4.69) is 20.0 Å². The number of aromatic nitrogens is 2. The summed E-state index contributed by atoms with van der Waals surface area (Å²) < 4.78 is 34.5. The maximum Gasteiger partial charge on any atom is 0.387 e. The third kappa shape index (κ3) is 4.63. The van der Waals surface area contributed by atoms with Gasteiger partial charge < -0.3 is 19.8 Å². The van der Waals surface area contributed by atoms with Crippen molar-refractivity contribution in [1.82, 2.24) is 15.3 Å². The highest BCUT2D eigenvalue weighted by Crippen LogP contribution is 2.29. The fraction of sp³-hybridized carbons (Fsp3) is 0.130. The van der Waals surface area contributed by atoms with Crippen LogP contribution in [0.4, 0.5) is 8.78 Å². The molecule has 3 aromatic carbocycles. The van der Waals surface area contributed by atoms with Crippen LogP contribution < -0.4 is 14.8 Å². The van der Waals surface area contributed by atoms with Crippen LogP contribution in [0.5, 0.6) is 11.5 Å². The highest BCUT2D eigenvalue weighted by Gasteiger charge is 2.14. The molecule has 1 heterocycles. The van der Waals surface area contributed by atoms with Gasteiger partial charge in [0.25, 0.3) is 5.91 Å². The molecule has 0 radical (unpaired) electrons. The normalized spacial score (nSPS) is 11.0. The van der Waals surface area contributed by atoms with Gasteiger partial charge in [-0.2, -0.15) is 8.78 Å². The highest BCUT2D eigenvalue weighted by atomic mass is 19.3. The molecule has 0 fully saturated rings. The van der Waals surface area contributed by atoms with E-state index in [9.17, 15) is 13.6 Å². The average Bonchev–Trinajstić information content (AvgIpc) is 3.21. The molecule has 0 saturated heterocycles. The number of halogens is 2. The van der Waals surface area contributed by atoms with Gasteiger partial charge in [0.05, 0.1) is 18.1 Å². The van der Waals surface area contributed by atoms with Crippen molar-refractivity contribution in [1.29, 1.82) is 0 Å². The summed E-state index contributed by atoms with van der Waals surface area (Å²) in [4.78, 5) is 20.3. The zero-order valence-electron chi connectivity index (χ0n) is 16.6. The number of methoxy groups -OCH3 is 1. The Morgan fingerprint density at radius 2 is 1.84 bits per heavy atom. The molecule has 0 aliphatic carbocycles. The smallest absolute Gasteiger partial charge is 0.387 e. The number of rotatable bonds is 7. The first-order valence-corrected chi connectivity index (χ1v) is 9.48. The van der Waals surface area contributed by atoms with Crippen LogP contribution in [-0.4, -0.2) is 29.6 Å². The summed E-state index contributed by atoms with van der Waals surface area (Å²) in [7, 11) is 1.34. The van der Waals surface area contributed by atoms with E-state index in [4.69, 9.17) is 4.74 Å². The first-order chi connectivity index (χ1) is 15.0. The van der Waals surface area contributed by atoms with Crippen molar-refractivity contribution >= 4 is 16.9 Å². The van der Waals surface area contributed by atoms with Gasteiger partial charge in [-0.25, -0.2) is 4.98 Å². The van der Waals surface area contributed by atoms with Crippen LogP contribution in [0.3, 0.4) is 0 Å². The molecule has 0 unspecified atom stereocenters. The first kappa shape index (κ1) is 20.3. The van der Waals surface area contributed by atoms with Gasteiger partial charge in [0.1, 0.15) is 5.82 Å². The molecule has 8 heteroatoms. The molecule has 2 N–H and O–H groups in total. The standard InChI is InChI=1S/C23H19F2N3O3/c1-30-19-11-10-16(12-20(19)31-23(24)25)22(29)26-13-14-6-8-15(9-7-14)21-27-17-4-2-3-5-18(17)28-21/h2-12,23H,13H2,1H3,(H,26,29)(H,27,28). The number of amides is 1. The SMILES string of the molecule is COc1ccc(C(=O)NCc2ccc(-c3nc4ccccc4[nH]3)cc2)cc1OC(F)F. The number of hydrogen-bond donors (Lipinski definition) is 2. The minimum absolute atomic E-state index is 0.123. The lowest BCUT2D eigenvalue weighted by Crippen LogP contribution is -2.22. The molecule has 1 amide bonds. The number of benzene rings is 3. The van der Waals surface area contributed by atoms with E-state index < -0.39 is 12.5 Å². The van der Waals surface area contributed by atoms with E-state index in [0.29, 0.717) is 0 Å². The van der Waals surface area contributed by atoms with E-state index in [1.807, 2.05) is 48.5 Å². The number of imidazole rings is 1.